The van der Waals surface area contributed by atoms with E-state index >= 15 is 0 Å². The van der Waals surface area contributed by atoms with Crippen molar-refractivity contribution in [2.24, 2.45) is 0 Å². The van der Waals surface area contributed by atoms with E-state index in [1.807, 2.05) is 38.1 Å². The van der Waals surface area contributed by atoms with Gasteiger partial charge in [0.05, 0.1) is 12.3 Å². The van der Waals surface area contributed by atoms with Gasteiger partial charge >= 0.3 is 0 Å². The number of nitrogens with one attached hydrogen (secondary N) is 1. The van der Waals surface area contributed by atoms with Gasteiger partial charge in [0.1, 0.15) is 12.0 Å². The summed E-state index contributed by atoms with van der Waals surface area (Å²) in [6.45, 7) is 4.34. The van der Waals surface area contributed by atoms with E-state index in [-0.39, 0.29) is 5.91 Å². The Morgan fingerprint density at radius 2 is 1.83 bits per heavy atom. The van der Waals surface area contributed by atoms with Gasteiger partial charge in [0.25, 0.3) is 0 Å². The zero-order chi connectivity index (χ0) is 16.7. The lowest BCUT2D eigenvalue weighted by Gasteiger charge is -2.10. The Balaban J connectivity index is 2.12. The molecule has 0 aromatic heterocycles. The highest BCUT2D eigenvalue weighted by atomic mass is 16.5. The normalized spacial score (nSPS) is 10.5. The summed E-state index contributed by atoms with van der Waals surface area (Å²) >= 11 is 0. The first kappa shape index (κ1) is 16.5. The second-order valence-electron chi connectivity index (χ2n) is 5.04. The maximum Gasteiger partial charge on any atom is 0.248 e. The minimum Gasteiger partial charge on any atom is -0.492 e. The van der Waals surface area contributed by atoms with Crippen LogP contribution >= 0.6 is 0 Å². The first-order valence-corrected chi connectivity index (χ1v) is 7.40. The van der Waals surface area contributed by atoms with Crippen molar-refractivity contribution >= 4 is 24.0 Å². The van der Waals surface area contributed by atoms with Crippen molar-refractivity contribution in [1.82, 2.24) is 0 Å². The van der Waals surface area contributed by atoms with E-state index in [0.29, 0.717) is 23.6 Å². The van der Waals surface area contributed by atoms with Crippen molar-refractivity contribution in [2.45, 2.75) is 13.8 Å². The summed E-state index contributed by atoms with van der Waals surface area (Å²) in [5.74, 6) is 0.254. The molecule has 0 aliphatic carbocycles. The topological polar surface area (TPSA) is 55.4 Å². The Labute approximate surface area is 135 Å². The van der Waals surface area contributed by atoms with Crippen LogP contribution < -0.4 is 10.1 Å². The van der Waals surface area contributed by atoms with Gasteiger partial charge in [-0.1, -0.05) is 29.8 Å². The van der Waals surface area contributed by atoms with E-state index in [4.69, 9.17) is 4.74 Å². The van der Waals surface area contributed by atoms with Crippen molar-refractivity contribution in [3.8, 4) is 5.75 Å². The molecular weight excluding hydrogens is 290 g/mol. The Morgan fingerprint density at radius 1 is 1.13 bits per heavy atom. The molecule has 0 fully saturated rings. The van der Waals surface area contributed by atoms with Crippen LogP contribution in [0.15, 0.2) is 48.5 Å². The summed E-state index contributed by atoms with van der Waals surface area (Å²) in [4.78, 5) is 23.0. The summed E-state index contributed by atoms with van der Waals surface area (Å²) in [5.41, 5.74) is 3.07. The third kappa shape index (κ3) is 4.81. The molecule has 118 valence electrons. The predicted molar refractivity (Wildman–Crippen MR) is 91.8 cm³/mol. The molecule has 0 heterocycles. The molecule has 0 unspecified atom stereocenters. The SMILES string of the molecule is CCOc1ccc(C=O)cc1NC(=O)/C=C/c1ccc(C)cc1. The van der Waals surface area contributed by atoms with E-state index in [1.54, 1.807) is 24.3 Å². The fraction of sp³-hybridized carbons (Fsp3) is 0.158. The number of rotatable bonds is 6. The van der Waals surface area contributed by atoms with E-state index < -0.39 is 0 Å². The van der Waals surface area contributed by atoms with Crippen molar-refractivity contribution in [2.75, 3.05) is 11.9 Å². The summed E-state index contributed by atoms with van der Waals surface area (Å²) < 4.78 is 5.46. The van der Waals surface area contributed by atoms with Gasteiger partial charge in [-0.2, -0.15) is 0 Å². The van der Waals surface area contributed by atoms with E-state index in [1.165, 1.54) is 11.6 Å². The molecule has 0 saturated carbocycles. The number of benzene rings is 2. The molecule has 0 atom stereocenters. The van der Waals surface area contributed by atoms with Crippen molar-refractivity contribution in [3.05, 3.63) is 65.2 Å². The second-order valence-corrected chi connectivity index (χ2v) is 5.04. The zero-order valence-corrected chi connectivity index (χ0v) is 13.2. The predicted octanol–water partition coefficient (Wildman–Crippen LogP) is 3.86. The lowest BCUT2D eigenvalue weighted by molar-refractivity contribution is -0.111. The standard InChI is InChI=1S/C19H19NO3/c1-3-23-18-10-8-16(13-21)12-17(18)20-19(22)11-9-15-6-4-14(2)5-7-15/h4-13H,3H2,1-2H3,(H,20,22)/b11-9+. The van der Waals surface area contributed by atoms with Crippen LogP contribution in [0.5, 0.6) is 5.75 Å². The molecule has 4 nitrogen and oxygen atoms in total. The Morgan fingerprint density at radius 3 is 2.48 bits per heavy atom. The number of amides is 1. The van der Waals surface area contributed by atoms with Crippen LogP contribution in [0.1, 0.15) is 28.4 Å². The number of anilines is 1. The summed E-state index contributed by atoms with van der Waals surface area (Å²) in [6, 6.07) is 12.8. The molecule has 2 aromatic rings. The smallest absolute Gasteiger partial charge is 0.248 e. The minimum absolute atomic E-state index is 0.283. The maximum atomic E-state index is 12.1. The van der Waals surface area contributed by atoms with Gasteiger partial charge in [-0.3, -0.25) is 9.59 Å². The van der Waals surface area contributed by atoms with Gasteiger partial charge in [0.2, 0.25) is 5.91 Å². The first-order chi connectivity index (χ1) is 11.1. The van der Waals surface area contributed by atoms with Gasteiger partial charge in [0.15, 0.2) is 0 Å². The number of carbonyl (C=O) groups excluding carboxylic acids is 2. The van der Waals surface area contributed by atoms with Crippen LogP contribution in [0.25, 0.3) is 6.08 Å². The monoisotopic (exact) mass is 309 g/mol. The number of aryl methyl sites for hydroxylation is 1. The van der Waals surface area contributed by atoms with Crippen LogP contribution in [0, 0.1) is 6.92 Å². The minimum atomic E-state index is -0.283. The highest BCUT2D eigenvalue weighted by Gasteiger charge is 2.07. The highest BCUT2D eigenvalue weighted by molar-refractivity contribution is 6.03. The van der Waals surface area contributed by atoms with E-state index in [0.717, 1.165) is 11.8 Å². The lowest BCUT2D eigenvalue weighted by Crippen LogP contribution is -2.10. The molecule has 2 aromatic carbocycles. The van der Waals surface area contributed by atoms with Crippen molar-refractivity contribution < 1.29 is 14.3 Å². The van der Waals surface area contributed by atoms with Gasteiger partial charge < -0.3 is 10.1 Å². The summed E-state index contributed by atoms with van der Waals surface area (Å²) in [7, 11) is 0. The molecule has 23 heavy (non-hydrogen) atoms. The van der Waals surface area contributed by atoms with Crippen LogP contribution in [0.4, 0.5) is 5.69 Å². The fourth-order valence-electron chi connectivity index (χ4n) is 2.02. The number of hydrogen-bond acceptors (Lipinski definition) is 3. The Hall–Kier alpha value is -2.88. The molecule has 1 amide bonds. The molecule has 0 radical (unpaired) electrons. The average Bonchev–Trinajstić information content (AvgIpc) is 2.56. The van der Waals surface area contributed by atoms with Gasteiger partial charge in [0, 0.05) is 11.6 Å². The summed E-state index contributed by atoms with van der Waals surface area (Å²) in [6.07, 6.45) is 3.92. The molecule has 0 aliphatic heterocycles. The van der Waals surface area contributed by atoms with E-state index in [9.17, 15) is 9.59 Å². The number of ether oxygens (including phenoxy) is 1. The molecule has 4 heteroatoms. The first-order valence-electron chi connectivity index (χ1n) is 7.40. The molecule has 2 rings (SSSR count). The van der Waals surface area contributed by atoms with Crippen molar-refractivity contribution in [3.63, 3.8) is 0 Å². The number of carbonyl (C=O) groups is 2. The van der Waals surface area contributed by atoms with E-state index in [2.05, 4.69) is 5.32 Å². The van der Waals surface area contributed by atoms with Crippen LogP contribution in [-0.4, -0.2) is 18.8 Å². The van der Waals surface area contributed by atoms with Gasteiger partial charge in [-0.05, 0) is 43.7 Å². The Bertz CT molecular complexity index is 718. The van der Waals surface area contributed by atoms with Gasteiger partial charge in [-0.15, -0.1) is 0 Å². The molecule has 0 spiro atoms. The number of hydrogen-bond donors (Lipinski definition) is 1. The lowest BCUT2D eigenvalue weighted by atomic mass is 10.1. The van der Waals surface area contributed by atoms with Crippen LogP contribution in [0.2, 0.25) is 0 Å². The quantitative estimate of drug-likeness (QED) is 0.651. The zero-order valence-electron chi connectivity index (χ0n) is 13.2. The highest BCUT2D eigenvalue weighted by Crippen LogP contribution is 2.25. The van der Waals surface area contributed by atoms with Crippen LogP contribution in [0.3, 0.4) is 0 Å². The van der Waals surface area contributed by atoms with Crippen molar-refractivity contribution in [1.29, 1.82) is 0 Å². The third-order valence-electron chi connectivity index (χ3n) is 3.20. The fourth-order valence-corrected chi connectivity index (χ4v) is 2.02. The molecule has 0 aliphatic rings. The number of aldehydes is 1. The third-order valence-corrected chi connectivity index (χ3v) is 3.20. The van der Waals surface area contributed by atoms with Gasteiger partial charge in [-0.25, -0.2) is 0 Å². The molecular formula is C19H19NO3. The van der Waals surface area contributed by atoms with Crippen LogP contribution in [-0.2, 0) is 4.79 Å². The maximum absolute atomic E-state index is 12.1. The molecule has 0 bridgehead atoms. The molecule has 1 N–H and O–H groups in total. The summed E-state index contributed by atoms with van der Waals surface area (Å²) in [5, 5.41) is 2.74. The largest absolute Gasteiger partial charge is 0.492 e. The Kier molecular flexibility index (Phi) is 5.69. The second kappa shape index (κ2) is 7.94. The molecule has 0 saturated heterocycles. The average molecular weight is 309 g/mol.